The largest absolute Gasteiger partial charge is 0.440 e. The molecular formula is C12H13N7OS. The van der Waals surface area contributed by atoms with E-state index >= 15 is 0 Å². The summed E-state index contributed by atoms with van der Waals surface area (Å²) in [5.41, 5.74) is 0. The van der Waals surface area contributed by atoms with Gasteiger partial charge in [-0.2, -0.15) is 15.0 Å². The van der Waals surface area contributed by atoms with E-state index < -0.39 is 0 Å². The molecule has 8 nitrogen and oxygen atoms in total. The Bertz CT molecular complexity index is 684. The molecule has 108 valence electrons. The molecule has 0 aliphatic carbocycles. The van der Waals surface area contributed by atoms with Gasteiger partial charge in [0.25, 0.3) is 5.22 Å². The molecule has 0 spiro atoms. The van der Waals surface area contributed by atoms with E-state index in [1.54, 1.807) is 29.5 Å². The third kappa shape index (κ3) is 3.37. The summed E-state index contributed by atoms with van der Waals surface area (Å²) in [4.78, 5) is 21.2. The topological polar surface area (TPSA) is 94.6 Å². The highest BCUT2D eigenvalue weighted by Crippen LogP contribution is 2.23. The Kier molecular flexibility index (Phi) is 4.10. The molecule has 0 bridgehead atoms. The standard InChI is InChI=1S/C12H13N7OS/c1-2-3-14-9-16-10(19-6-4-13-8-19)18-11(17-9)21-12-15-5-7-20-12/h4-8H,2-3H2,1H3,(H,14,16,17,18). The summed E-state index contributed by atoms with van der Waals surface area (Å²) < 4.78 is 6.92. The summed E-state index contributed by atoms with van der Waals surface area (Å²) in [7, 11) is 0. The molecule has 3 aromatic heterocycles. The lowest BCUT2D eigenvalue weighted by molar-refractivity contribution is 0.453. The van der Waals surface area contributed by atoms with Crippen LogP contribution in [-0.4, -0.2) is 36.0 Å². The van der Waals surface area contributed by atoms with Crippen molar-refractivity contribution in [3.63, 3.8) is 0 Å². The predicted molar refractivity (Wildman–Crippen MR) is 76.4 cm³/mol. The normalized spacial score (nSPS) is 10.7. The minimum Gasteiger partial charge on any atom is -0.440 e. The van der Waals surface area contributed by atoms with Gasteiger partial charge >= 0.3 is 0 Å². The number of nitrogens with zero attached hydrogens (tertiary/aromatic N) is 6. The van der Waals surface area contributed by atoms with Crippen molar-refractivity contribution in [1.29, 1.82) is 0 Å². The van der Waals surface area contributed by atoms with E-state index in [9.17, 15) is 0 Å². The molecule has 0 saturated heterocycles. The van der Waals surface area contributed by atoms with E-state index in [4.69, 9.17) is 4.42 Å². The van der Waals surface area contributed by atoms with E-state index in [1.165, 1.54) is 18.0 Å². The molecular weight excluding hydrogens is 290 g/mol. The van der Waals surface area contributed by atoms with E-state index in [1.807, 2.05) is 0 Å². The number of anilines is 1. The van der Waals surface area contributed by atoms with Crippen molar-refractivity contribution in [2.75, 3.05) is 11.9 Å². The fourth-order valence-electron chi connectivity index (χ4n) is 1.54. The zero-order chi connectivity index (χ0) is 14.5. The van der Waals surface area contributed by atoms with Crippen molar-refractivity contribution >= 4 is 17.7 Å². The van der Waals surface area contributed by atoms with Crippen LogP contribution >= 0.6 is 11.8 Å². The SMILES string of the molecule is CCCNc1nc(Sc2ncco2)nc(-n2ccnc2)n1. The molecule has 0 amide bonds. The Hall–Kier alpha value is -2.42. The van der Waals surface area contributed by atoms with Gasteiger partial charge in [-0.15, -0.1) is 0 Å². The van der Waals surface area contributed by atoms with E-state index in [2.05, 4.69) is 37.2 Å². The van der Waals surface area contributed by atoms with Crippen LogP contribution in [0.25, 0.3) is 5.95 Å². The Morgan fingerprint density at radius 3 is 2.95 bits per heavy atom. The summed E-state index contributed by atoms with van der Waals surface area (Å²) in [5.74, 6) is 1.01. The van der Waals surface area contributed by atoms with Gasteiger partial charge in [-0.05, 0) is 6.42 Å². The van der Waals surface area contributed by atoms with Crippen molar-refractivity contribution in [3.05, 3.63) is 31.2 Å². The average molecular weight is 303 g/mol. The lowest BCUT2D eigenvalue weighted by Crippen LogP contribution is -2.09. The highest BCUT2D eigenvalue weighted by molar-refractivity contribution is 7.98. The maximum absolute atomic E-state index is 5.20. The summed E-state index contributed by atoms with van der Waals surface area (Å²) in [6, 6.07) is 0. The second-order valence-electron chi connectivity index (χ2n) is 4.04. The van der Waals surface area contributed by atoms with Crippen LogP contribution in [0.5, 0.6) is 0 Å². The molecule has 0 aromatic carbocycles. The third-order valence-electron chi connectivity index (χ3n) is 2.46. The van der Waals surface area contributed by atoms with Crippen molar-refractivity contribution in [2.45, 2.75) is 23.7 Å². The van der Waals surface area contributed by atoms with Crippen LogP contribution in [-0.2, 0) is 0 Å². The highest BCUT2D eigenvalue weighted by Gasteiger charge is 2.11. The Labute approximate surface area is 125 Å². The number of nitrogens with one attached hydrogen (secondary N) is 1. The molecule has 0 radical (unpaired) electrons. The van der Waals surface area contributed by atoms with Crippen molar-refractivity contribution in [2.24, 2.45) is 0 Å². The minimum absolute atomic E-state index is 0.485. The molecule has 3 rings (SSSR count). The van der Waals surface area contributed by atoms with E-state index in [0.29, 0.717) is 22.3 Å². The Morgan fingerprint density at radius 1 is 1.29 bits per heavy atom. The van der Waals surface area contributed by atoms with Gasteiger partial charge in [0.15, 0.2) is 0 Å². The van der Waals surface area contributed by atoms with Gasteiger partial charge in [0.2, 0.25) is 17.1 Å². The molecule has 0 aliphatic rings. The zero-order valence-corrected chi connectivity index (χ0v) is 12.1. The first kappa shape index (κ1) is 13.6. The number of oxazole rings is 1. The summed E-state index contributed by atoms with van der Waals surface area (Å²) in [6.07, 6.45) is 9.16. The maximum Gasteiger partial charge on any atom is 0.263 e. The number of hydrogen-bond donors (Lipinski definition) is 1. The van der Waals surface area contributed by atoms with Gasteiger partial charge < -0.3 is 9.73 Å². The average Bonchev–Trinajstić information content (AvgIpc) is 3.18. The first-order valence-corrected chi connectivity index (χ1v) is 7.22. The van der Waals surface area contributed by atoms with Crippen LogP contribution in [0.1, 0.15) is 13.3 Å². The van der Waals surface area contributed by atoms with Crippen LogP contribution < -0.4 is 5.32 Å². The maximum atomic E-state index is 5.20. The Balaban J connectivity index is 1.92. The molecule has 3 aromatic rings. The molecule has 9 heteroatoms. The molecule has 0 atom stereocenters. The van der Waals surface area contributed by atoms with Gasteiger partial charge in [0.05, 0.1) is 6.20 Å². The number of rotatable bonds is 6. The summed E-state index contributed by atoms with van der Waals surface area (Å²) in [6.45, 7) is 2.86. The van der Waals surface area contributed by atoms with Crippen LogP contribution in [0.4, 0.5) is 5.95 Å². The fourth-order valence-corrected chi connectivity index (χ4v) is 2.17. The van der Waals surface area contributed by atoms with Crippen molar-refractivity contribution in [3.8, 4) is 5.95 Å². The van der Waals surface area contributed by atoms with Gasteiger partial charge in [-0.3, -0.25) is 4.57 Å². The second kappa shape index (κ2) is 6.35. The molecule has 3 heterocycles. The Morgan fingerprint density at radius 2 is 2.24 bits per heavy atom. The minimum atomic E-state index is 0.485. The summed E-state index contributed by atoms with van der Waals surface area (Å²) in [5, 5.41) is 4.15. The van der Waals surface area contributed by atoms with Gasteiger partial charge in [0, 0.05) is 30.7 Å². The molecule has 0 unspecified atom stereocenters. The van der Waals surface area contributed by atoms with Crippen LogP contribution in [0.15, 0.2) is 46.0 Å². The quantitative estimate of drug-likeness (QED) is 0.739. The number of imidazole rings is 1. The molecule has 1 N–H and O–H groups in total. The molecule has 0 aliphatic heterocycles. The highest BCUT2D eigenvalue weighted by atomic mass is 32.2. The van der Waals surface area contributed by atoms with E-state index in [0.717, 1.165) is 13.0 Å². The molecule has 0 fully saturated rings. The lowest BCUT2D eigenvalue weighted by Gasteiger charge is -2.07. The third-order valence-corrected chi connectivity index (χ3v) is 3.20. The smallest absolute Gasteiger partial charge is 0.263 e. The van der Waals surface area contributed by atoms with E-state index in [-0.39, 0.29) is 0 Å². The first-order chi connectivity index (χ1) is 10.3. The van der Waals surface area contributed by atoms with Crippen LogP contribution in [0.3, 0.4) is 0 Å². The first-order valence-electron chi connectivity index (χ1n) is 6.41. The van der Waals surface area contributed by atoms with Gasteiger partial charge in [-0.1, -0.05) is 6.92 Å². The molecule has 0 saturated carbocycles. The van der Waals surface area contributed by atoms with Crippen LogP contribution in [0, 0.1) is 0 Å². The second-order valence-corrected chi connectivity index (χ2v) is 4.96. The zero-order valence-electron chi connectivity index (χ0n) is 11.3. The van der Waals surface area contributed by atoms with Gasteiger partial charge in [0.1, 0.15) is 12.6 Å². The predicted octanol–water partition coefficient (Wildman–Crippen LogP) is 2.02. The fraction of sp³-hybridized carbons (Fsp3) is 0.250. The van der Waals surface area contributed by atoms with Crippen LogP contribution in [0.2, 0.25) is 0 Å². The van der Waals surface area contributed by atoms with Crippen molar-refractivity contribution in [1.82, 2.24) is 29.5 Å². The number of hydrogen-bond acceptors (Lipinski definition) is 8. The molecule has 21 heavy (non-hydrogen) atoms. The van der Waals surface area contributed by atoms with Gasteiger partial charge in [-0.25, -0.2) is 9.97 Å². The lowest BCUT2D eigenvalue weighted by atomic mass is 10.5. The summed E-state index contributed by atoms with van der Waals surface area (Å²) >= 11 is 1.24. The van der Waals surface area contributed by atoms with Crippen molar-refractivity contribution < 1.29 is 4.42 Å². The monoisotopic (exact) mass is 303 g/mol. The number of aromatic nitrogens is 6.